The summed E-state index contributed by atoms with van der Waals surface area (Å²) < 4.78 is 31.8. The molecule has 0 aromatic heterocycles. The summed E-state index contributed by atoms with van der Waals surface area (Å²) in [4.78, 5) is 13.1. The number of hydrogen-bond donors (Lipinski definition) is 1. The van der Waals surface area contributed by atoms with Crippen LogP contribution in [0.4, 0.5) is 5.69 Å². The molecule has 2 rings (SSSR count). The highest BCUT2D eigenvalue weighted by molar-refractivity contribution is 7.86. The number of nitrogens with zero attached hydrogens (tertiary/aromatic N) is 1. The van der Waals surface area contributed by atoms with Crippen LogP contribution < -0.4 is 0 Å². The maximum atomic E-state index is 11.3. The fourth-order valence-corrected chi connectivity index (χ4v) is 2.48. The Morgan fingerprint density at radius 2 is 1.82 bits per heavy atom. The Labute approximate surface area is 97.2 Å². The number of hydrogen-bond acceptors (Lipinski definition) is 4. The van der Waals surface area contributed by atoms with Gasteiger partial charge in [0.1, 0.15) is 4.90 Å². The standard InChI is InChI=1S/C11H7NO4S/c13-7-12-10-6-5-8-3-1-2-4-9(8)11(10)17(14,15)16/h1-6H,(H,14,15,16). The van der Waals surface area contributed by atoms with Crippen molar-refractivity contribution >= 4 is 32.7 Å². The minimum Gasteiger partial charge on any atom is -0.282 e. The zero-order valence-electron chi connectivity index (χ0n) is 8.49. The number of rotatable bonds is 2. The Morgan fingerprint density at radius 3 is 2.47 bits per heavy atom. The van der Waals surface area contributed by atoms with Crippen LogP contribution in [0.2, 0.25) is 0 Å². The number of benzene rings is 2. The highest BCUT2D eigenvalue weighted by atomic mass is 32.2. The summed E-state index contributed by atoms with van der Waals surface area (Å²) in [6, 6.07) is 9.54. The Balaban J connectivity index is 3.00. The first-order chi connectivity index (χ1) is 8.04. The molecule has 0 fully saturated rings. The quantitative estimate of drug-likeness (QED) is 0.501. The molecule has 0 unspecified atom stereocenters. The summed E-state index contributed by atoms with van der Waals surface area (Å²) in [6.45, 7) is 0. The van der Waals surface area contributed by atoms with Gasteiger partial charge in [-0.3, -0.25) is 4.55 Å². The normalized spacial score (nSPS) is 11.1. The molecule has 0 aliphatic rings. The van der Waals surface area contributed by atoms with Crippen LogP contribution in [0.1, 0.15) is 0 Å². The SMILES string of the molecule is O=C=Nc1ccc2ccccc2c1S(=O)(=O)O. The minimum atomic E-state index is -4.45. The van der Waals surface area contributed by atoms with E-state index in [2.05, 4.69) is 4.99 Å². The van der Waals surface area contributed by atoms with Crippen LogP contribution in [-0.4, -0.2) is 19.1 Å². The molecular weight excluding hydrogens is 242 g/mol. The molecule has 5 nitrogen and oxygen atoms in total. The monoisotopic (exact) mass is 249 g/mol. The van der Waals surface area contributed by atoms with E-state index >= 15 is 0 Å². The Kier molecular flexibility index (Phi) is 2.77. The number of aliphatic imine (C=N–C) groups is 1. The predicted molar refractivity (Wildman–Crippen MR) is 61.5 cm³/mol. The van der Waals surface area contributed by atoms with Gasteiger partial charge in [-0.1, -0.05) is 30.3 Å². The molecule has 0 atom stereocenters. The van der Waals surface area contributed by atoms with Crippen molar-refractivity contribution in [2.75, 3.05) is 0 Å². The van der Waals surface area contributed by atoms with Gasteiger partial charge in [0.05, 0.1) is 5.69 Å². The third kappa shape index (κ3) is 2.09. The van der Waals surface area contributed by atoms with Crippen LogP contribution in [0.15, 0.2) is 46.3 Å². The second-order valence-corrected chi connectivity index (χ2v) is 4.67. The first-order valence-corrected chi connectivity index (χ1v) is 6.05. The fraction of sp³-hybridized carbons (Fsp3) is 0. The smallest absolute Gasteiger partial charge is 0.282 e. The molecule has 0 saturated carbocycles. The summed E-state index contributed by atoms with van der Waals surface area (Å²) in [5, 5.41) is 0.941. The average Bonchev–Trinajstić information content (AvgIpc) is 2.27. The summed E-state index contributed by atoms with van der Waals surface area (Å²) in [6.07, 6.45) is 1.26. The van der Waals surface area contributed by atoms with E-state index in [0.717, 1.165) is 0 Å². The van der Waals surface area contributed by atoms with Gasteiger partial charge in [0.2, 0.25) is 6.08 Å². The number of carbonyl (C=O) groups excluding carboxylic acids is 1. The average molecular weight is 249 g/mol. The van der Waals surface area contributed by atoms with Gasteiger partial charge >= 0.3 is 0 Å². The van der Waals surface area contributed by atoms with E-state index in [1.165, 1.54) is 18.2 Å². The van der Waals surface area contributed by atoms with E-state index in [1.54, 1.807) is 24.3 Å². The van der Waals surface area contributed by atoms with E-state index in [9.17, 15) is 17.8 Å². The molecule has 0 aliphatic heterocycles. The van der Waals surface area contributed by atoms with Gasteiger partial charge in [-0.05, 0) is 11.5 Å². The second kappa shape index (κ2) is 4.10. The second-order valence-electron chi connectivity index (χ2n) is 3.31. The Morgan fingerprint density at radius 1 is 1.12 bits per heavy atom. The molecule has 6 heteroatoms. The lowest BCUT2D eigenvalue weighted by molar-refractivity contribution is 0.484. The van der Waals surface area contributed by atoms with E-state index in [-0.39, 0.29) is 10.6 Å². The fourth-order valence-electron chi connectivity index (χ4n) is 1.64. The van der Waals surface area contributed by atoms with Gasteiger partial charge in [-0.15, -0.1) is 0 Å². The highest BCUT2D eigenvalue weighted by Gasteiger charge is 2.19. The van der Waals surface area contributed by atoms with Crippen LogP contribution in [0.5, 0.6) is 0 Å². The van der Waals surface area contributed by atoms with Crippen molar-refractivity contribution in [3.63, 3.8) is 0 Å². The number of fused-ring (bicyclic) bond motifs is 1. The van der Waals surface area contributed by atoms with E-state index in [1.807, 2.05) is 0 Å². The lowest BCUT2D eigenvalue weighted by Gasteiger charge is -2.05. The maximum absolute atomic E-state index is 11.3. The van der Waals surface area contributed by atoms with E-state index in [0.29, 0.717) is 10.8 Å². The molecule has 0 spiro atoms. The molecule has 0 radical (unpaired) electrons. The molecule has 86 valence electrons. The van der Waals surface area contributed by atoms with E-state index in [4.69, 9.17) is 0 Å². The molecule has 1 N–H and O–H groups in total. The summed E-state index contributed by atoms with van der Waals surface area (Å²) >= 11 is 0. The van der Waals surface area contributed by atoms with Gasteiger partial charge in [-0.2, -0.15) is 13.4 Å². The lowest BCUT2D eigenvalue weighted by Crippen LogP contribution is -1.99. The third-order valence-electron chi connectivity index (χ3n) is 2.28. The van der Waals surface area contributed by atoms with Crippen molar-refractivity contribution in [1.82, 2.24) is 0 Å². The van der Waals surface area contributed by atoms with E-state index < -0.39 is 10.1 Å². The summed E-state index contributed by atoms with van der Waals surface area (Å²) in [7, 11) is -4.45. The predicted octanol–water partition coefficient (Wildman–Crippen LogP) is 2.05. The third-order valence-corrected chi connectivity index (χ3v) is 3.23. The summed E-state index contributed by atoms with van der Waals surface area (Å²) in [5.41, 5.74) is -0.124. The van der Waals surface area contributed by atoms with Gasteiger partial charge in [0.15, 0.2) is 0 Å². The van der Waals surface area contributed by atoms with Crippen LogP contribution in [-0.2, 0) is 14.9 Å². The molecule has 0 heterocycles. The van der Waals surface area contributed by atoms with Crippen molar-refractivity contribution in [3.05, 3.63) is 36.4 Å². The van der Waals surface area contributed by atoms with Crippen LogP contribution in [0, 0.1) is 0 Å². The first kappa shape index (κ1) is 11.5. The molecule has 0 saturated heterocycles. The molecule has 0 bridgehead atoms. The topological polar surface area (TPSA) is 83.8 Å². The van der Waals surface area contributed by atoms with Gasteiger partial charge in [0, 0.05) is 5.39 Å². The first-order valence-electron chi connectivity index (χ1n) is 4.61. The zero-order valence-corrected chi connectivity index (χ0v) is 9.31. The van der Waals surface area contributed by atoms with Crippen molar-refractivity contribution in [3.8, 4) is 0 Å². The van der Waals surface area contributed by atoms with Crippen LogP contribution in [0.3, 0.4) is 0 Å². The van der Waals surface area contributed by atoms with Gasteiger partial charge in [0.25, 0.3) is 10.1 Å². The van der Waals surface area contributed by atoms with Crippen LogP contribution >= 0.6 is 0 Å². The summed E-state index contributed by atoms with van der Waals surface area (Å²) in [5.74, 6) is 0. The molecule has 0 aliphatic carbocycles. The maximum Gasteiger partial charge on any atom is 0.297 e. The van der Waals surface area contributed by atoms with Crippen molar-refractivity contribution in [2.24, 2.45) is 4.99 Å². The Bertz CT molecular complexity index is 730. The molecule has 2 aromatic carbocycles. The van der Waals surface area contributed by atoms with Crippen molar-refractivity contribution in [2.45, 2.75) is 4.90 Å². The molecule has 0 amide bonds. The largest absolute Gasteiger partial charge is 0.297 e. The lowest BCUT2D eigenvalue weighted by atomic mass is 10.1. The molecule has 17 heavy (non-hydrogen) atoms. The number of isocyanates is 1. The minimum absolute atomic E-state index is 0.124. The molecular formula is C11H7NO4S. The van der Waals surface area contributed by atoms with Gasteiger partial charge in [-0.25, -0.2) is 4.79 Å². The highest BCUT2D eigenvalue weighted by Crippen LogP contribution is 2.31. The van der Waals surface area contributed by atoms with Crippen molar-refractivity contribution < 1.29 is 17.8 Å². The molecule has 2 aromatic rings. The Hall–Kier alpha value is -2.01. The zero-order chi connectivity index (χ0) is 12.5. The van der Waals surface area contributed by atoms with Gasteiger partial charge < -0.3 is 0 Å². The van der Waals surface area contributed by atoms with Crippen LogP contribution in [0.25, 0.3) is 10.8 Å². The van der Waals surface area contributed by atoms with Crippen molar-refractivity contribution in [1.29, 1.82) is 0 Å².